The largest absolute Gasteiger partial charge is 0.492 e. The number of nitrogens with two attached hydrogens (primary N) is 1. The van der Waals surface area contributed by atoms with Gasteiger partial charge in [0.1, 0.15) is 23.0 Å². The van der Waals surface area contributed by atoms with Gasteiger partial charge in [-0.3, -0.25) is 5.41 Å². The second-order valence-electron chi connectivity index (χ2n) is 5.81. The Morgan fingerprint density at radius 2 is 1.94 bits per heavy atom. The molecule has 0 bridgehead atoms. The summed E-state index contributed by atoms with van der Waals surface area (Å²) >= 11 is 11.9. The average molecular weight is 508 g/mol. The molecule has 174 valence electrons. The monoisotopic (exact) mass is 507 g/mol. The topological polar surface area (TPSA) is 181 Å². The molecule has 2 aromatic carbocycles. The Labute approximate surface area is 193 Å². The zero-order valence-electron chi connectivity index (χ0n) is 16.6. The lowest BCUT2D eigenvalue weighted by Crippen LogP contribution is -2.34. The summed E-state index contributed by atoms with van der Waals surface area (Å²) in [6.45, 7) is 5.39. The molecule has 0 fully saturated rings. The van der Waals surface area contributed by atoms with Gasteiger partial charge >= 0.3 is 10.1 Å². The maximum absolute atomic E-state index is 12.5. The molecule has 15 heteroatoms. The van der Waals surface area contributed by atoms with Gasteiger partial charge in [0.2, 0.25) is 5.96 Å². The van der Waals surface area contributed by atoms with E-state index in [1.165, 1.54) is 30.3 Å². The minimum atomic E-state index is -4.20. The highest BCUT2D eigenvalue weighted by molar-refractivity contribution is 7.87. The van der Waals surface area contributed by atoms with Crippen LogP contribution in [0.2, 0.25) is 10.0 Å². The average Bonchev–Trinajstić information content (AvgIpc) is 2.65. The molecule has 0 saturated heterocycles. The number of ether oxygens (including phenoxy) is 1. The first-order chi connectivity index (χ1) is 14.9. The van der Waals surface area contributed by atoms with Crippen molar-refractivity contribution in [2.75, 3.05) is 13.2 Å². The van der Waals surface area contributed by atoms with Gasteiger partial charge < -0.3 is 19.9 Å². The van der Waals surface area contributed by atoms with E-state index in [9.17, 15) is 8.42 Å². The number of guanidine groups is 1. The van der Waals surface area contributed by atoms with Gasteiger partial charge in [-0.1, -0.05) is 29.3 Å². The number of halogens is 2. The fourth-order valence-corrected chi connectivity index (χ4v) is 3.87. The van der Waals surface area contributed by atoms with Gasteiger partial charge in [-0.2, -0.15) is 13.5 Å². The van der Waals surface area contributed by atoms with Gasteiger partial charge in [-0.25, -0.2) is 5.01 Å². The van der Waals surface area contributed by atoms with E-state index in [0.29, 0.717) is 11.3 Å². The Balaban J connectivity index is 0.00000118. The number of benzene rings is 2. The van der Waals surface area contributed by atoms with Crippen molar-refractivity contribution in [3.05, 3.63) is 62.1 Å². The molecule has 0 aliphatic heterocycles. The number of nitrogens with one attached hydrogen (secondary N) is 1. The van der Waals surface area contributed by atoms with Crippen molar-refractivity contribution < 1.29 is 27.6 Å². The number of hydrogen-bond donors (Lipinski definition) is 3. The van der Waals surface area contributed by atoms with Crippen LogP contribution in [0.3, 0.4) is 0 Å². The Hall–Kier alpha value is -3.29. The smallest absolute Gasteiger partial charge is 0.340 e. The summed E-state index contributed by atoms with van der Waals surface area (Å²) in [5.74, 6) is 0.155. The van der Waals surface area contributed by atoms with Gasteiger partial charge in [0.25, 0.3) is 5.09 Å². The Kier molecular flexibility index (Phi) is 9.97. The van der Waals surface area contributed by atoms with Crippen LogP contribution in [-0.2, 0) is 10.1 Å². The van der Waals surface area contributed by atoms with Crippen LogP contribution in [0.15, 0.2) is 46.4 Å². The van der Waals surface area contributed by atoms with E-state index >= 15 is 0 Å². The third kappa shape index (κ3) is 8.45. The molecule has 0 aromatic heterocycles. The van der Waals surface area contributed by atoms with Crippen LogP contribution in [0.5, 0.6) is 11.5 Å². The van der Waals surface area contributed by atoms with Crippen molar-refractivity contribution in [1.29, 1.82) is 5.41 Å². The number of nitrogens with zero attached hydrogens (tertiary/aromatic N) is 3. The lowest BCUT2D eigenvalue weighted by molar-refractivity contribution is -0.742. The Morgan fingerprint density at radius 1 is 1.34 bits per heavy atom. The molecule has 4 N–H and O–H groups in total. The van der Waals surface area contributed by atoms with Gasteiger partial charge in [-0.15, -0.1) is 10.1 Å². The van der Waals surface area contributed by atoms with Crippen molar-refractivity contribution in [2.45, 2.75) is 11.8 Å². The first-order valence-electron chi connectivity index (χ1n) is 8.41. The first kappa shape index (κ1) is 26.7. The van der Waals surface area contributed by atoms with Crippen LogP contribution < -0.4 is 14.7 Å². The molecule has 0 heterocycles. The number of aryl methyl sites for hydroxylation is 1. The number of rotatable bonds is 8. The molecular formula is C17H19Cl2N5O7S. The molecule has 0 spiro atoms. The van der Waals surface area contributed by atoms with E-state index in [2.05, 4.69) is 11.8 Å². The zero-order valence-corrected chi connectivity index (χ0v) is 18.9. The lowest BCUT2D eigenvalue weighted by Gasteiger charge is -2.16. The first-order valence-corrected chi connectivity index (χ1v) is 10.6. The quantitative estimate of drug-likeness (QED) is 0.159. The van der Waals surface area contributed by atoms with Crippen LogP contribution in [0.1, 0.15) is 5.56 Å². The van der Waals surface area contributed by atoms with E-state index in [1.807, 2.05) is 0 Å². The summed E-state index contributed by atoms with van der Waals surface area (Å²) < 4.78 is 35.8. The Bertz CT molecular complexity index is 1090. The molecular weight excluding hydrogens is 489 g/mol. The van der Waals surface area contributed by atoms with Crippen LogP contribution in [-0.4, -0.2) is 49.5 Å². The SMILES string of the molecule is C=NN(CCOc1cc(C)cc(OS(=O)(=O)c2cccc(Cl)c2Cl)c1)C(=N)N.O=[N+]([O-])O. The highest BCUT2D eigenvalue weighted by Gasteiger charge is 2.22. The highest BCUT2D eigenvalue weighted by Crippen LogP contribution is 2.32. The van der Waals surface area contributed by atoms with Gasteiger partial charge in [0.05, 0.1) is 16.6 Å². The molecule has 2 aromatic rings. The maximum atomic E-state index is 12.5. The highest BCUT2D eigenvalue weighted by atomic mass is 35.5. The van der Waals surface area contributed by atoms with Crippen molar-refractivity contribution in [2.24, 2.45) is 10.8 Å². The molecule has 0 unspecified atom stereocenters. The maximum Gasteiger partial charge on any atom is 0.340 e. The van der Waals surface area contributed by atoms with E-state index in [4.69, 9.17) is 58.6 Å². The van der Waals surface area contributed by atoms with Gasteiger partial charge in [0, 0.05) is 12.8 Å². The van der Waals surface area contributed by atoms with E-state index in [-0.39, 0.29) is 39.8 Å². The molecule has 0 aliphatic carbocycles. The minimum absolute atomic E-state index is 0.0521. The van der Waals surface area contributed by atoms with E-state index in [1.54, 1.807) is 13.0 Å². The molecule has 0 atom stereocenters. The predicted octanol–water partition coefficient (Wildman–Crippen LogP) is 2.91. The summed E-state index contributed by atoms with van der Waals surface area (Å²) in [5, 5.41) is 25.7. The fraction of sp³-hybridized carbons (Fsp3) is 0.176. The summed E-state index contributed by atoms with van der Waals surface area (Å²) in [5.41, 5.74) is 6.05. The van der Waals surface area contributed by atoms with E-state index < -0.39 is 15.2 Å². The molecule has 12 nitrogen and oxygen atoms in total. The van der Waals surface area contributed by atoms with Crippen LogP contribution in [0, 0.1) is 22.4 Å². The second-order valence-corrected chi connectivity index (χ2v) is 8.11. The van der Waals surface area contributed by atoms with Crippen LogP contribution in [0.25, 0.3) is 0 Å². The molecule has 0 radical (unpaired) electrons. The standard InChI is InChI=1S/C17H18Cl2N4O4S.HNO3/c1-11-8-12(26-7-6-23(22-2)17(20)21)10-13(9-11)27-28(24,25)15-5-3-4-14(18)16(15)19;2-1(3)4/h3-5,8-10H,2,6-7H2,1H3,(H3,20,21);(H,2,3,4). The van der Waals surface area contributed by atoms with Gasteiger partial charge in [0.15, 0.2) is 0 Å². The van der Waals surface area contributed by atoms with Crippen molar-refractivity contribution in [3.63, 3.8) is 0 Å². The van der Waals surface area contributed by atoms with Crippen LogP contribution in [0.4, 0.5) is 0 Å². The van der Waals surface area contributed by atoms with Crippen LogP contribution >= 0.6 is 23.2 Å². The molecule has 0 saturated carbocycles. The van der Waals surface area contributed by atoms with Crippen molar-refractivity contribution in [1.82, 2.24) is 5.01 Å². The summed E-state index contributed by atoms with van der Waals surface area (Å²) in [7, 11) is -4.20. The Morgan fingerprint density at radius 3 is 2.50 bits per heavy atom. The lowest BCUT2D eigenvalue weighted by atomic mass is 10.2. The summed E-state index contributed by atoms with van der Waals surface area (Å²) in [6.07, 6.45) is 0. The summed E-state index contributed by atoms with van der Waals surface area (Å²) in [6, 6.07) is 8.90. The van der Waals surface area contributed by atoms with Gasteiger partial charge in [-0.05, 0) is 36.8 Å². The molecule has 0 amide bonds. The number of hydrazone groups is 1. The normalized spacial score (nSPS) is 10.3. The molecule has 2 rings (SSSR count). The minimum Gasteiger partial charge on any atom is -0.492 e. The molecule has 32 heavy (non-hydrogen) atoms. The molecule has 0 aliphatic rings. The fourth-order valence-electron chi connectivity index (χ4n) is 2.21. The van der Waals surface area contributed by atoms with Crippen molar-refractivity contribution in [3.8, 4) is 11.5 Å². The third-order valence-corrected chi connectivity index (χ3v) is 5.66. The number of hydrogen-bond acceptors (Lipinski definition) is 8. The zero-order chi connectivity index (χ0) is 24.5. The predicted molar refractivity (Wildman–Crippen MR) is 118 cm³/mol. The summed E-state index contributed by atoms with van der Waals surface area (Å²) in [4.78, 5) is 8.12. The second kappa shape index (κ2) is 11.9. The third-order valence-electron chi connectivity index (χ3n) is 3.44. The van der Waals surface area contributed by atoms with E-state index in [0.717, 1.165) is 5.01 Å². The van der Waals surface area contributed by atoms with Crippen molar-refractivity contribution >= 4 is 46.0 Å².